The van der Waals surface area contributed by atoms with E-state index in [0.29, 0.717) is 0 Å². The summed E-state index contributed by atoms with van der Waals surface area (Å²) in [6.07, 6.45) is 0. The molecule has 2 aliphatic rings. The van der Waals surface area contributed by atoms with Gasteiger partial charge in [0, 0.05) is 59.4 Å². The fourth-order valence-corrected chi connectivity index (χ4v) is 5.37. The van der Waals surface area contributed by atoms with E-state index in [-0.39, 0.29) is 5.91 Å². The van der Waals surface area contributed by atoms with Gasteiger partial charge >= 0.3 is 0 Å². The number of hydrogen-bond donors (Lipinski definition) is 0. The summed E-state index contributed by atoms with van der Waals surface area (Å²) in [4.78, 5) is 24.8. The number of aryl methyl sites for hydroxylation is 1. The summed E-state index contributed by atoms with van der Waals surface area (Å²) >= 11 is 1.73. The molecule has 1 saturated heterocycles. The first-order chi connectivity index (χ1) is 15.6. The van der Waals surface area contributed by atoms with Crippen molar-refractivity contribution >= 4 is 29.1 Å². The van der Waals surface area contributed by atoms with Crippen molar-refractivity contribution < 1.29 is 4.79 Å². The summed E-state index contributed by atoms with van der Waals surface area (Å²) in [7, 11) is 0. The van der Waals surface area contributed by atoms with Gasteiger partial charge in [-0.15, -0.1) is 0 Å². The van der Waals surface area contributed by atoms with Crippen LogP contribution in [0.5, 0.6) is 0 Å². The monoisotopic (exact) mass is 441 g/mol. The lowest BCUT2D eigenvalue weighted by molar-refractivity contribution is 0.0628. The molecule has 0 aliphatic carbocycles. The third-order valence-electron chi connectivity index (χ3n) is 6.15. The Hall–Kier alpha value is -2.89. The molecule has 1 fully saturated rings. The zero-order chi connectivity index (χ0) is 22.1. The van der Waals surface area contributed by atoms with Gasteiger partial charge in [-0.3, -0.25) is 14.7 Å². The molecule has 0 bridgehead atoms. The van der Waals surface area contributed by atoms with Gasteiger partial charge in [-0.1, -0.05) is 53.7 Å². The van der Waals surface area contributed by atoms with Gasteiger partial charge in [0.05, 0.1) is 5.69 Å². The second-order valence-corrected chi connectivity index (χ2v) is 9.62. The van der Waals surface area contributed by atoms with Crippen molar-refractivity contribution in [1.29, 1.82) is 0 Å². The Bertz CT molecular complexity index is 1180. The molecule has 3 aromatic rings. The molecule has 2 aliphatic heterocycles. The number of aliphatic imine (C=N–C) groups is 1. The lowest BCUT2D eigenvalue weighted by atomic mass is 10.1. The Morgan fingerprint density at radius 1 is 0.906 bits per heavy atom. The van der Waals surface area contributed by atoms with E-state index in [1.807, 2.05) is 36.1 Å². The van der Waals surface area contributed by atoms with Crippen LogP contribution in [0.1, 0.15) is 34.0 Å². The van der Waals surface area contributed by atoms with Crippen molar-refractivity contribution in [2.75, 3.05) is 26.2 Å². The number of nitrogens with zero attached hydrogens (tertiary/aromatic N) is 3. The fraction of sp³-hybridized carbons (Fsp3) is 0.259. The number of benzene rings is 3. The van der Waals surface area contributed by atoms with Crippen LogP contribution in [0.25, 0.3) is 0 Å². The minimum Gasteiger partial charge on any atom is -0.336 e. The third kappa shape index (κ3) is 4.36. The maximum absolute atomic E-state index is 13.2. The van der Waals surface area contributed by atoms with E-state index in [1.54, 1.807) is 11.8 Å². The molecule has 3 aromatic carbocycles. The average Bonchev–Trinajstić information content (AvgIpc) is 2.95. The lowest BCUT2D eigenvalue weighted by Gasteiger charge is -2.34. The summed E-state index contributed by atoms with van der Waals surface area (Å²) in [5.74, 6) is 0.0996. The van der Waals surface area contributed by atoms with E-state index in [4.69, 9.17) is 4.99 Å². The van der Waals surface area contributed by atoms with Gasteiger partial charge in [-0.25, -0.2) is 0 Å². The first kappa shape index (κ1) is 21.0. The van der Waals surface area contributed by atoms with Gasteiger partial charge in [-0.2, -0.15) is 0 Å². The predicted molar refractivity (Wildman–Crippen MR) is 131 cm³/mol. The normalized spacial score (nSPS) is 16.1. The summed E-state index contributed by atoms with van der Waals surface area (Å²) in [6, 6.07) is 23.0. The molecule has 5 rings (SSSR count). The van der Waals surface area contributed by atoms with Crippen LogP contribution >= 0.6 is 11.8 Å². The summed E-state index contributed by atoms with van der Waals surface area (Å²) < 4.78 is 0. The standard InChI is InChI=1S/C27H27N3OS/c1-19-8-10-25-23(16-19)20(2)28-24-17-22(9-11-26(24)32-25)27(31)30-14-12-29(13-15-30)18-21-6-4-3-5-7-21/h3-11,16-17H,12-15,18H2,1-2H3. The first-order valence-corrected chi connectivity index (χ1v) is 11.9. The quantitative estimate of drug-likeness (QED) is 0.534. The van der Waals surface area contributed by atoms with Gasteiger partial charge in [0.2, 0.25) is 0 Å². The molecular formula is C27H27N3OS. The number of carbonyl (C=O) groups is 1. The number of fused-ring (bicyclic) bond motifs is 2. The molecule has 162 valence electrons. The Kier molecular flexibility index (Phi) is 5.85. The van der Waals surface area contributed by atoms with Crippen molar-refractivity contribution in [3.05, 3.63) is 89.0 Å². The maximum Gasteiger partial charge on any atom is 0.254 e. The summed E-state index contributed by atoms with van der Waals surface area (Å²) in [5.41, 5.74) is 6.32. The molecule has 4 nitrogen and oxygen atoms in total. The fourth-order valence-electron chi connectivity index (χ4n) is 4.33. The highest BCUT2D eigenvalue weighted by molar-refractivity contribution is 7.99. The van der Waals surface area contributed by atoms with Crippen molar-refractivity contribution in [3.8, 4) is 0 Å². The highest BCUT2D eigenvalue weighted by Gasteiger charge is 2.24. The molecule has 0 saturated carbocycles. The molecular weight excluding hydrogens is 414 g/mol. The maximum atomic E-state index is 13.2. The summed E-state index contributed by atoms with van der Waals surface area (Å²) in [5, 5.41) is 0. The van der Waals surface area contributed by atoms with Gasteiger partial charge in [0.1, 0.15) is 0 Å². The number of rotatable bonds is 3. The molecule has 0 radical (unpaired) electrons. The van der Waals surface area contributed by atoms with Gasteiger partial charge in [0.15, 0.2) is 0 Å². The molecule has 1 amide bonds. The van der Waals surface area contributed by atoms with Crippen LogP contribution < -0.4 is 0 Å². The minimum absolute atomic E-state index is 0.0996. The average molecular weight is 442 g/mol. The van der Waals surface area contributed by atoms with Crippen molar-refractivity contribution in [3.63, 3.8) is 0 Å². The third-order valence-corrected chi connectivity index (χ3v) is 7.29. The zero-order valence-corrected chi connectivity index (χ0v) is 19.4. The molecule has 2 heterocycles. The van der Waals surface area contributed by atoms with Crippen LogP contribution in [-0.2, 0) is 6.54 Å². The van der Waals surface area contributed by atoms with Crippen LogP contribution in [0.2, 0.25) is 0 Å². The van der Waals surface area contributed by atoms with Crippen molar-refractivity contribution in [2.45, 2.75) is 30.2 Å². The smallest absolute Gasteiger partial charge is 0.254 e. The van der Waals surface area contributed by atoms with Gasteiger partial charge in [-0.05, 0) is 49.7 Å². The minimum atomic E-state index is 0.0996. The Balaban J connectivity index is 1.30. The second-order valence-electron chi connectivity index (χ2n) is 8.54. The molecule has 0 atom stereocenters. The van der Waals surface area contributed by atoms with E-state index in [0.717, 1.165) is 54.6 Å². The largest absolute Gasteiger partial charge is 0.336 e. The molecule has 32 heavy (non-hydrogen) atoms. The Labute approximate surface area is 194 Å². The van der Waals surface area contributed by atoms with E-state index in [9.17, 15) is 4.79 Å². The van der Waals surface area contributed by atoms with E-state index in [1.165, 1.54) is 21.6 Å². The number of carbonyl (C=O) groups excluding carboxylic acids is 1. The van der Waals surface area contributed by atoms with Crippen LogP contribution in [0.3, 0.4) is 0 Å². The molecule has 0 spiro atoms. The predicted octanol–water partition coefficient (Wildman–Crippen LogP) is 5.56. The molecule has 0 aromatic heterocycles. The van der Waals surface area contributed by atoms with Gasteiger partial charge < -0.3 is 4.90 Å². The number of piperazine rings is 1. The molecule has 0 N–H and O–H groups in total. The second kappa shape index (κ2) is 8.93. The summed E-state index contributed by atoms with van der Waals surface area (Å²) in [6.45, 7) is 8.39. The van der Waals surface area contributed by atoms with Crippen LogP contribution in [0, 0.1) is 6.92 Å². The van der Waals surface area contributed by atoms with Crippen LogP contribution in [-0.4, -0.2) is 47.6 Å². The zero-order valence-electron chi connectivity index (χ0n) is 18.5. The topological polar surface area (TPSA) is 35.9 Å². The van der Waals surface area contributed by atoms with Crippen molar-refractivity contribution in [2.24, 2.45) is 4.99 Å². The van der Waals surface area contributed by atoms with E-state index in [2.05, 4.69) is 54.3 Å². The van der Waals surface area contributed by atoms with Crippen molar-refractivity contribution in [1.82, 2.24) is 9.80 Å². The highest BCUT2D eigenvalue weighted by atomic mass is 32.2. The first-order valence-electron chi connectivity index (χ1n) is 11.1. The van der Waals surface area contributed by atoms with E-state index >= 15 is 0 Å². The SMILES string of the molecule is CC1=Nc2cc(C(=O)N3CCN(Cc4ccccc4)CC3)ccc2Sc2ccc(C)cc21. The molecule has 5 heteroatoms. The lowest BCUT2D eigenvalue weighted by Crippen LogP contribution is -2.48. The Morgan fingerprint density at radius 3 is 2.44 bits per heavy atom. The molecule has 0 unspecified atom stereocenters. The number of amides is 1. The van der Waals surface area contributed by atoms with E-state index < -0.39 is 0 Å². The van der Waals surface area contributed by atoms with Crippen LogP contribution in [0.15, 0.2) is 81.5 Å². The Morgan fingerprint density at radius 2 is 1.66 bits per heavy atom. The number of hydrogen-bond acceptors (Lipinski definition) is 4. The van der Waals surface area contributed by atoms with Crippen LogP contribution in [0.4, 0.5) is 5.69 Å². The van der Waals surface area contributed by atoms with Gasteiger partial charge in [0.25, 0.3) is 5.91 Å². The highest BCUT2D eigenvalue weighted by Crippen LogP contribution is 2.41.